The number of aliphatic hydroxyl groups excluding tert-OH is 3. The summed E-state index contributed by atoms with van der Waals surface area (Å²) in [5, 5.41) is 152. The molecule has 320 valence electrons. The molecule has 0 saturated heterocycles. The lowest BCUT2D eigenvalue weighted by atomic mass is 9.74. The predicted molar refractivity (Wildman–Crippen MR) is 212 cm³/mol. The van der Waals surface area contributed by atoms with E-state index in [1.54, 1.807) is 0 Å². The van der Waals surface area contributed by atoms with E-state index >= 15 is 0 Å². The molecule has 17 heteroatoms. The number of benzene rings is 6. The topological polar surface area (TPSA) is 311 Å². The van der Waals surface area contributed by atoms with Crippen molar-refractivity contribution in [2.24, 2.45) is 0 Å². The van der Waals surface area contributed by atoms with E-state index in [1.807, 2.05) is 0 Å². The smallest absolute Gasteiger partial charge is 0.200 e. The standard InChI is InChI=1S/C45H38O17/c46-20-5-18-10-33(55)41(19-8-31(53)37(57)32(54)9-19)60-40(18)23(11-20)35-24-12-21(47)13-25(44(24)61-42(38(35)58)16-1-3-27(49)29(51)6-16)36-26-14-22(48)15-34(56)45(26)62-43(39(36)59)17-2-4-28(50)30(52)7-17/h1-9,11-15,33,35-36,38-39,41-43,46-59H,10H2. The SMILES string of the molecule is Oc1cc(O)c2c(c1)C(c1cc(O)cc3c1OC(c1ccc(O)c(O)c1)C(O)C3c1cc(O)cc3c1OC(c1cc(O)c(O)c(O)c1)C(O)C3)C(O)C(c1ccc(O)c(O)c1)O2. The Morgan fingerprint density at radius 2 is 0.790 bits per heavy atom. The Hall–Kier alpha value is -7.60. The van der Waals surface area contributed by atoms with Gasteiger partial charge in [-0.05, 0) is 77.9 Å². The van der Waals surface area contributed by atoms with Gasteiger partial charge in [-0.1, -0.05) is 12.1 Å². The van der Waals surface area contributed by atoms with Crippen molar-refractivity contribution >= 4 is 0 Å². The minimum absolute atomic E-state index is 0.0123. The van der Waals surface area contributed by atoms with Gasteiger partial charge >= 0.3 is 0 Å². The van der Waals surface area contributed by atoms with Crippen molar-refractivity contribution in [3.8, 4) is 80.5 Å². The zero-order valence-corrected chi connectivity index (χ0v) is 31.9. The maximum Gasteiger partial charge on any atom is 0.200 e. The van der Waals surface area contributed by atoms with Crippen molar-refractivity contribution in [1.82, 2.24) is 0 Å². The maximum absolute atomic E-state index is 12.5. The van der Waals surface area contributed by atoms with Crippen LogP contribution in [0, 0.1) is 0 Å². The van der Waals surface area contributed by atoms with Crippen LogP contribution in [0.1, 0.15) is 74.7 Å². The summed E-state index contributed by atoms with van der Waals surface area (Å²) in [5.41, 5.74) is 0.736. The number of phenolic OH excluding ortho intramolecular Hbond substituents is 11. The van der Waals surface area contributed by atoms with E-state index in [-0.39, 0.29) is 73.9 Å². The molecule has 3 heterocycles. The average molecular weight is 851 g/mol. The monoisotopic (exact) mass is 850 g/mol. The van der Waals surface area contributed by atoms with Crippen molar-refractivity contribution in [2.75, 3.05) is 0 Å². The van der Waals surface area contributed by atoms with E-state index in [9.17, 15) is 71.5 Å². The molecule has 17 nitrogen and oxygen atoms in total. The second kappa shape index (κ2) is 14.5. The molecule has 0 aliphatic carbocycles. The Bertz CT molecular complexity index is 2760. The molecule has 3 aliphatic heterocycles. The summed E-state index contributed by atoms with van der Waals surface area (Å²) in [6, 6.07) is 16.9. The van der Waals surface area contributed by atoms with Crippen LogP contribution in [0.15, 0.2) is 84.9 Å². The molecule has 62 heavy (non-hydrogen) atoms. The first-order chi connectivity index (χ1) is 29.5. The van der Waals surface area contributed by atoms with Crippen LogP contribution in [0.3, 0.4) is 0 Å². The number of hydrogen-bond acceptors (Lipinski definition) is 17. The van der Waals surface area contributed by atoms with Crippen molar-refractivity contribution in [2.45, 2.75) is 54.9 Å². The highest BCUT2D eigenvalue weighted by molar-refractivity contribution is 5.65. The van der Waals surface area contributed by atoms with Crippen molar-refractivity contribution in [3.05, 3.63) is 129 Å². The normalized spacial score (nSPS) is 23.8. The maximum atomic E-state index is 12.5. The van der Waals surface area contributed by atoms with E-state index in [4.69, 9.17) is 14.2 Å². The summed E-state index contributed by atoms with van der Waals surface area (Å²) in [5.74, 6) is -8.95. The lowest BCUT2D eigenvalue weighted by molar-refractivity contribution is -0.00443. The lowest BCUT2D eigenvalue weighted by Crippen LogP contribution is -2.39. The first-order valence-electron chi connectivity index (χ1n) is 19.1. The molecule has 0 saturated carbocycles. The minimum atomic E-state index is -1.67. The summed E-state index contributed by atoms with van der Waals surface area (Å²) in [4.78, 5) is 0. The molecule has 0 amide bonds. The number of ether oxygens (including phenoxy) is 3. The molecule has 6 aromatic carbocycles. The Labute approximate surface area is 349 Å². The van der Waals surface area contributed by atoms with Gasteiger partial charge in [-0.3, -0.25) is 0 Å². The van der Waals surface area contributed by atoms with Gasteiger partial charge in [-0.2, -0.15) is 0 Å². The van der Waals surface area contributed by atoms with Crippen LogP contribution in [0.4, 0.5) is 0 Å². The summed E-state index contributed by atoms with van der Waals surface area (Å²) in [6.07, 6.45) is -8.94. The van der Waals surface area contributed by atoms with Crippen molar-refractivity contribution in [3.63, 3.8) is 0 Å². The fourth-order valence-corrected chi connectivity index (χ4v) is 8.85. The number of aromatic hydroxyl groups is 11. The van der Waals surface area contributed by atoms with Gasteiger partial charge in [0.25, 0.3) is 0 Å². The van der Waals surface area contributed by atoms with Crippen LogP contribution in [-0.4, -0.2) is 89.8 Å². The molecule has 8 unspecified atom stereocenters. The van der Waals surface area contributed by atoms with Crippen LogP contribution < -0.4 is 14.2 Å². The molecule has 6 aromatic rings. The molecule has 9 rings (SSSR count). The first-order valence-corrected chi connectivity index (χ1v) is 19.1. The fraction of sp³-hybridized carbons (Fsp3) is 0.200. The molecule has 8 atom stereocenters. The molecular formula is C45H38O17. The van der Waals surface area contributed by atoms with Gasteiger partial charge in [0, 0.05) is 57.7 Å². The van der Waals surface area contributed by atoms with Crippen LogP contribution in [-0.2, 0) is 6.42 Å². The molecular weight excluding hydrogens is 812 g/mol. The predicted octanol–water partition coefficient (Wildman–Crippen LogP) is 4.74. The second-order valence-electron chi connectivity index (χ2n) is 15.6. The summed E-state index contributed by atoms with van der Waals surface area (Å²) in [6.45, 7) is 0. The number of phenols is 11. The van der Waals surface area contributed by atoms with Gasteiger partial charge in [-0.15, -0.1) is 0 Å². The van der Waals surface area contributed by atoms with E-state index < -0.39 is 106 Å². The minimum Gasteiger partial charge on any atom is -0.508 e. The molecule has 0 aromatic heterocycles. The zero-order chi connectivity index (χ0) is 44.0. The Morgan fingerprint density at radius 1 is 0.371 bits per heavy atom. The van der Waals surface area contributed by atoms with E-state index in [1.165, 1.54) is 54.6 Å². The van der Waals surface area contributed by atoms with Gasteiger partial charge in [0.05, 0.1) is 6.10 Å². The van der Waals surface area contributed by atoms with Gasteiger partial charge in [-0.25, -0.2) is 0 Å². The number of aliphatic hydroxyl groups is 3. The van der Waals surface area contributed by atoms with E-state index in [2.05, 4.69) is 0 Å². The van der Waals surface area contributed by atoms with Crippen LogP contribution in [0.2, 0.25) is 0 Å². The zero-order valence-electron chi connectivity index (χ0n) is 31.9. The van der Waals surface area contributed by atoms with E-state index in [0.717, 1.165) is 30.3 Å². The third-order valence-corrected chi connectivity index (χ3v) is 11.6. The largest absolute Gasteiger partial charge is 0.508 e. The van der Waals surface area contributed by atoms with Crippen molar-refractivity contribution < 1.29 is 85.7 Å². The van der Waals surface area contributed by atoms with Gasteiger partial charge < -0.3 is 85.7 Å². The summed E-state index contributed by atoms with van der Waals surface area (Å²) in [7, 11) is 0. The molecule has 0 bridgehead atoms. The number of hydrogen-bond donors (Lipinski definition) is 14. The second-order valence-corrected chi connectivity index (χ2v) is 15.6. The highest BCUT2D eigenvalue weighted by Crippen LogP contribution is 2.58. The molecule has 14 N–H and O–H groups in total. The van der Waals surface area contributed by atoms with Crippen LogP contribution in [0.5, 0.6) is 80.5 Å². The van der Waals surface area contributed by atoms with Gasteiger partial charge in [0.15, 0.2) is 70.1 Å². The molecule has 0 spiro atoms. The van der Waals surface area contributed by atoms with Crippen LogP contribution >= 0.6 is 0 Å². The summed E-state index contributed by atoms with van der Waals surface area (Å²) < 4.78 is 19.1. The molecule has 3 aliphatic rings. The van der Waals surface area contributed by atoms with Gasteiger partial charge in [0.1, 0.15) is 41.0 Å². The Balaban J connectivity index is 1.27. The van der Waals surface area contributed by atoms with Crippen molar-refractivity contribution in [1.29, 1.82) is 0 Å². The quantitative estimate of drug-likeness (QED) is 0.104. The number of fused-ring (bicyclic) bond motifs is 3. The highest BCUT2D eigenvalue weighted by atomic mass is 16.5. The Morgan fingerprint density at radius 3 is 1.31 bits per heavy atom. The van der Waals surface area contributed by atoms with Gasteiger partial charge in [0.2, 0.25) is 0 Å². The summed E-state index contributed by atoms with van der Waals surface area (Å²) >= 11 is 0. The molecule has 0 radical (unpaired) electrons. The average Bonchev–Trinajstić information content (AvgIpc) is 3.21. The third-order valence-electron chi connectivity index (χ3n) is 11.6. The molecule has 0 fully saturated rings. The lowest BCUT2D eigenvalue weighted by Gasteiger charge is -2.43. The Kier molecular flexibility index (Phi) is 9.35. The van der Waals surface area contributed by atoms with Crippen LogP contribution in [0.25, 0.3) is 0 Å². The first kappa shape index (κ1) is 39.8. The van der Waals surface area contributed by atoms with E-state index in [0.29, 0.717) is 0 Å². The highest BCUT2D eigenvalue weighted by Gasteiger charge is 2.48. The fourth-order valence-electron chi connectivity index (χ4n) is 8.85. The third kappa shape index (κ3) is 6.46. The number of rotatable bonds is 5.